The van der Waals surface area contributed by atoms with E-state index in [1.165, 1.54) is 12.1 Å². The van der Waals surface area contributed by atoms with Gasteiger partial charge in [0.15, 0.2) is 5.96 Å². The van der Waals surface area contributed by atoms with Gasteiger partial charge in [-0.25, -0.2) is 0 Å². The molecule has 0 aliphatic rings. The number of hydrogen-bond donors (Lipinski definition) is 2. The minimum atomic E-state index is -2.83. The smallest absolute Gasteiger partial charge is 0.387 e. The van der Waals surface area contributed by atoms with Crippen molar-refractivity contribution in [2.24, 2.45) is 10.4 Å². The maximum absolute atomic E-state index is 12.2. The highest BCUT2D eigenvalue weighted by molar-refractivity contribution is 5.83. The van der Waals surface area contributed by atoms with Gasteiger partial charge in [0.1, 0.15) is 5.75 Å². The summed E-state index contributed by atoms with van der Waals surface area (Å²) in [6.45, 7) is 6.86. The summed E-state index contributed by atoms with van der Waals surface area (Å²) in [7, 11) is 1.88. The van der Waals surface area contributed by atoms with Gasteiger partial charge in [-0.1, -0.05) is 12.1 Å². The molecule has 0 heterocycles. The van der Waals surface area contributed by atoms with Crippen LogP contribution in [0.4, 0.5) is 8.78 Å². The molecule has 1 rings (SSSR count). The number of nitrogens with one attached hydrogen (secondary N) is 2. The van der Waals surface area contributed by atoms with Gasteiger partial charge in [-0.3, -0.25) is 9.79 Å². The summed E-state index contributed by atoms with van der Waals surface area (Å²) in [4.78, 5) is 18.6. The van der Waals surface area contributed by atoms with E-state index in [9.17, 15) is 13.6 Å². The Hall–Kier alpha value is -2.38. The Morgan fingerprint density at radius 1 is 1.19 bits per heavy atom. The number of aliphatic imine (C=N–C) groups is 1. The van der Waals surface area contributed by atoms with Crippen molar-refractivity contribution in [3.05, 3.63) is 29.8 Å². The van der Waals surface area contributed by atoms with Crippen molar-refractivity contribution in [2.75, 3.05) is 26.7 Å². The second-order valence-electron chi connectivity index (χ2n) is 6.79. The Kier molecular flexibility index (Phi) is 8.97. The first-order valence-corrected chi connectivity index (χ1v) is 9.01. The molecule has 0 unspecified atom stereocenters. The van der Waals surface area contributed by atoms with Gasteiger partial charge in [0.05, 0.1) is 12.0 Å². The molecule has 0 aliphatic carbocycles. The third kappa shape index (κ3) is 7.80. The predicted octanol–water partition coefficient (Wildman–Crippen LogP) is 2.85. The molecule has 0 saturated heterocycles. The number of alkyl halides is 2. The third-order valence-electron chi connectivity index (χ3n) is 3.84. The van der Waals surface area contributed by atoms with Crippen molar-refractivity contribution in [3.8, 4) is 5.75 Å². The average molecular weight is 384 g/mol. The topological polar surface area (TPSA) is 66.0 Å². The van der Waals surface area contributed by atoms with Crippen LogP contribution in [0.3, 0.4) is 0 Å². The first-order chi connectivity index (χ1) is 12.7. The molecule has 0 atom stereocenters. The molecule has 2 N–H and O–H groups in total. The molecular weight excluding hydrogens is 354 g/mol. The maximum Gasteiger partial charge on any atom is 0.387 e. The highest BCUT2D eigenvalue weighted by Gasteiger charge is 2.27. The van der Waals surface area contributed by atoms with Gasteiger partial charge in [0.25, 0.3) is 0 Å². The van der Waals surface area contributed by atoms with Crippen LogP contribution in [0, 0.1) is 5.41 Å². The number of amides is 1. The first-order valence-electron chi connectivity index (χ1n) is 9.01. The second-order valence-corrected chi connectivity index (χ2v) is 6.79. The van der Waals surface area contributed by atoms with Crippen molar-refractivity contribution in [2.45, 2.75) is 40.9 Å². The SMILES string of the molecule is CCNC(=O)C(C)(C)CN=C(NCC)N(C)Cc1ccc(OC(F)F)cc1. The molecule has 6 nitrogen and oxygen atoms in total. The monoisotopic (exact) mass is 384 g/mol. The Morgan fingerprint density at radius 2 is 1.78 bits per heavy atom. The van der Waals surface area contributed by atoms with Crippen molar-refractivity contribution in [3.63, 3.8) is 0 Å². The molecular formula is C19H30F2N4O2. The fraction of sp³-hybridized carbons (Fsp3) is 0.579. The molecule has 27 heavy (non-hydrogen) atoms. The molecule has 8 heteroatoms. The number of nitrogens with zero attached hydrogens (tertiary/aromatic N) is 2. The fourth-order valence-corrected chi connectivity index (χ4v) is 2.34. The molecule has 0 bridgehead atoms. The van der Waals surface area contributed by atoms with Gasteiger partial charge < -0.3 is 20.3 Å². The van der Waals surface area contributed by atoms with Crippen LogP contribution in [0.2, 0.25) is 0 Å². The number of rotatable bonds is 9. The number of benzene rings is 1. The second kappa shape index (κ2) is 10.7. The summed E-state index contributed by atoms with van der Waals surface area (Å²) in [5.74, 6) is 0.755. The molecule has 0 aromatic heterocycles. The van der Waals surface area contributed by atoms with E-state index in [4.69, 9.17) is 0 Å². The van der Waals surface area contributed by atoms with Crippen LogP contribution in [0.25, 0.3) is 0 Å². The van der Waals surface area contributed by atoms with Gasteiger partial charge in [0.2, 0.25) is 5.91 Å². The maximum atomic E-state index is 12.2. The highest BCUT2D eigenvalue weighted by Crippen LogP contribution is 2.17. The van der Waals surface area contributed by atoms with Gasteiger partial charge in [-0.05, 0) is 45.4 Å². The first kappa shape index (κ1) is 22.7. The number of hydrogen-bond acceptors (Lipinski definition) is 3. The lowest BCUT2D eigenvalue weighted by Gasteiger charge is -2.25. The Bertz CT molecular complexity index is 619. The zero-order valence-electron chi connectivity index (χ0n) is 16.7. The van der Waals surface area contributed by atoms with Crippen LogP contribution in [0.5, 0.6) is 5.75 Å². The highest BCUT2D eigenvalue weighted by atomic mass is 19.3. The molecule has 0 spiro atoms. The van der Waals surface area contributed by atoms with Gasteiger partial charge in [0, 0.05) is 26.7 Å². The molecule has 1 aromatic rings. The van der Waals surface area contributed by atoms with Crippen LogP contribution < -0.4 is 15.4 Å². The van der Waals surface area contributed by atoms with E-state index >= 15 is 0 Å². The summed E-state index contributed by atoms with van der Waals surface area (Å²) in [6.07, 6.45) is 0. The van der Waals surface area contributed by atoms with Crippen molar-refractivity contribution >= 4 is 11.9 Å². The van der Waals surface area contributed by atoms with E-state index in [-0.39, 0.29) is 11.7 Å². The van der Waals surface area contributed by atoms with Crippen LogP contribution in [0.1, 0.15) is 33.3 Å². The molecule has 1 amide bonds. The van der Waals surface area contributed by atoms with E-state index in [1.807, 2.05) is 39.6 Å². The van der Waals surface area contributed by atoms with Crippen molar-refractivity contribution in [1.29, 1.82) is 0 Å². The number of carbonyl (C=O) groups excluding carboxylic acids is 1. The molecule has 152 valence electrons. The van der Waals surface area contributed by atoms with Gasteiger partial charge in [-0.2, -0.15) is 8.78 Å². The van der Waals surface area contributed by atoms with Crippen LogP contribution in [-0.4, -0.2) is 50.1 Å². The van der Waals surface area contributed by atoms with E-state index < -0.39 is 12.0 Å². The number of ether oxygens (including phenoxy) is 1. The normalized spacial score (nSPS) is 12.1. The van der Waals surface area contributed by atoms with Crippen LogP contribution in [-0.2, 0) is 11.3 Å². The quantitative estimate of drug-likeness (QED) is 0.508. The Balaban J connectivity index is 2.79. The zero-order valence-corrected chi connectivity index (χ0v) is 16.7. The lowest BCUT2D eigenvalue weighted by atomic mass is 9.92. The minimum absolute atomic E-state index is 0.0399. The van der Waals surface area contributed by atoms with E-state index in [2.05, 4.69) is 20.4 Å². The molecule has 0 radical (unpaired) electrons. The van der Waals surface area contributed by atoms with Crippen LogP contribution >= 0.6 is 0 Å². The van der Waals surface area contributed by atoms with Crippen molar-refractivity contribution < 1.29 is 18.3 Å². The van der Waals surface area contributed by atoms with E-state index in [1.54, 1.807) is 12.1 Å². The molecule has 0 fully saturated rings. The number of halogens is 2. The lowest BCUT2D eigenvalue weighted by Crippen LogP contribution is -2.42. The fourth-order valence-electron chi connectivity index (χ4n) is 2.34. The summed E-state index contributed by atoms with van der Waals surface area (Å²) >= 11 is 0. The Labute approximate surface area is 160 Å². The summed E-state index contributed by atoms with van der Waals surface area (Å²) in [6, 6.07) is 6.49. The van der Waals surface area contributed by atoms with E-state index in [0.29, 0.717) is 32.1 Å². The standard InChI is InChI=1S/C19H30F2N4O2/c1-6-22-16(26)19(3,4)13-24-18(23-7-2)25(5)12-14-8-10-15(11-9-14)27-17(20)21/h8-11,17H,6-7,12-13H2,1-5H3,(H,22,26)(H,23,24). The molecule has 0 aliphatic heterocycles. The summed E-state index contributed by atoms with van der Waals surface area (Å²) < 4.78 is 28.8. The van der Waals surface area contributed by atoms with Gasteiger partial charge in [-0.15, -0.1) is 0 Å². The number of carbonyl (C=O) groups is 1. The molecule has 1 aromatic carbocycles. The van der Waals surface area contributed by atoms with Crippen LogP contribution in [0.15, 0.2) is 29.3 Å². The van der Waals surface area contributed by atoms with Gasteiger partial charge >= 0.3 is 6.61 Å². The molecule has 0 saturated carbocycles. The average Bonchev–Trinajstić information content (AvgIpc) is 2.60. The van der Waals surface area contributed by atoms with Crippen molar-refractivity contribution in [1.82, 2.24) is 15.5 Å². The Morgan fingerprint density at radius 3 is 2.30 bits per heavy atom. The number of guanidine groups is 1. The summed E-state index contributed by atoms with van der Waals surface area (Å²) in [5.41, 5.74) is 0.305. The van der Waals surface area contributed by atoms with E-state index in [0.717, 1.165) is 5.56 Å². The third-order valence-corrected chi connectivity index (χ3v) is 3.84. The predicted molar refractivity (Wildman–Crippen MR) is 103 cm³/mol. The minimum Gasteiger partial charge on any atom is -0.435 e. The lowest BCUT2D eigenvalue weighted by molar-refractivity contribution is -0.128. The zero-order chi connectivity index (χ0) is 20.4. The summed E-state index contributed by atoms with van der Waals surface area (Å²) in [5, 5.41) is 6.03. The largest absolute Gasteiger partial charge is 0.435 e.